The number of amides is 2. The van der Waals surface area contributed by atoms with Crippen molar-refractivity contribution in [3.05, 3.63) is 12.2 Å². The zero-order valence-electron chi connectivity index (χ0n) is 6.74. The molecule has 1 heterocycles. The molecule has 2 aliphatic carbocycles. The lowest BCUT2D eigenvalue weighted by atomic mass is 9.85. The van der Waals surface area contributed by atoms with Crippen molar-refractivity contribution in [2.24, 2.45) is 23.7 Å². The first-order chi connectivity index (χ1) is 6.20. The third-order valence-corrected chi connectivity index (χ3v) is 3.36. The molecule has 1 aliphatic heterocycles. The highest BCUT2D eigenvalue weighted by Gasteiger charge is 2.61. The summed E-state index contributed by atoms with van der Waals surface area (Å²) in [5.74, 6) is -2.18. The summed E-state index contributed by atoms with van der Waals surface area (Å²) < 4.78 is 13.4. The number of hydrogen-bond acceptors (Lipinski definition) is 2. The molecule has 3 nitrogen and oxygen atoms in total. The molecule has 0 spiro atoms. The Morgan fingerprint density at radius 1 is 1.08 bits per heavy atom. The lowest BCUT2D eigenvalue weighted by Crippen LogP contribution is -2.28. The van der Waals surface area contributed by atoms with Gasteiger partial charge in [-0.3, -0.25) is 14.9 Å². The molecule has 2 amide bonds. The maximum absolute atomic E-state index is 13.4. The van der Waals surface area contributed by atoms with Gasteiger partial charge in [-0.05, 0) is 0 Å². The quantitative estimate of drug-likeness (QED) is 0.423. The fraction of sp³-hybridized carbons (Fsp3) is 0.556. The summed E-state index contributed by atoms with van der Waals surface area (Å²) in [7, 11) is 0. The molecule has 13 heavy (non-hydrogen) atoms. The minimum atomic E-state index is -1.02. The fourth-order valence-electron chi connectivity index (χ4n) is 2.80. The number of halogens is 1. The van der Waals surface area contributed by atoms with Crippen LogP contribution in [0, 0.1) is 23.7 Å². The van der Waals surface area contributed by atoms with Gasteiger partial charge in [0.05, 0.1) is 11.8 Å². The molecule has 3 rings (SSSR count). The molecule has 3 aliphatic rings. The number of rotatable bonds is 0. The first kappa shape index (κ1) is 7.24. The molecule has 0 aromatic rings. The number of carbonyl (C=O) groups excluding carboxylic acids is 2. The molecule has 1 N–H and O–H groups in total. The van der Waals surface area contributed by atoms with Crippen molar-refractivity contribution < 1.29 is 14.0 Å². The molecule has 68 valence electrons. The molecule has 4 atom stereocenters. The van der Waals surface area contributed by atoms with Gasteiger partial charge in [0, 0.05) is 11.8 Å². The van der Waals surface area contributed by atoms with Gasteiger partial charge in [-0.25, -0.2) is 4.39 Å². The summed E-state index contributed by atoms with van der Waals surface area (Å²) in [5, 5.41) is 2.26. The normalized spacial score (nSPS) is 51.3. The van der Waals surface area contributed by atoms with Crippen molar-refractivity contribution in [3.63, 3.8) is 0 Å². The highest BCUT2D eigenvalue weighted by molar-refractivity contribution is 6.06. The van der Waals surface area contributed by atoms with Crippen molar-refractivity contribution in [3.8, 4) is 0 Å². The Morgan fingerprint density at radius 3 is 2.00 bits per heavy atom. The monoisotopic (exact) mass is 181 g/mol. The van der Waals surface area contributed by atoms with Crippen LogP contribution in [0.3, 0.4) is 0 Å². The van der Waals surface area contributed by atoms with Gasteiger partial charge >= 0.3 is 0 Å². The van der Waals surface area contributed by atoms with Crippen LogP contribution in [-0.4, -0.2) is 18.0 Å². The Kier molecular flexibility index (Phi) is 1.11. The van der Waals surface area contributed by atoms with Gasteiger partial charge in [0.15, 0.2) is 0 Å². The Morgan fingerprint density at radius 2 is 1.54 bits per heavy atom. The molecule has 2 bridgehead atoms. The molecule has 4 heteroatoms. The van der Waals surface area contributed by atoms with Crippen molar-refractivity contribution in [2.75, 3.05) is 0 Å². The van der Waals surface area contributed by atoms with Crippen LogP contribution in [0.2, 0.25) is 0 Å². The predicted molar refractivity (Wildman–Crippen MR) is 41.1 cm³/mol. The van der Waals surface area contributed by atoms with Gasteiger partial charge in [0.2, 0.25) is 11.8 Å². The van der Waals surface area contributed by atoms with Gasteiger partial charge in [-0.2, -0.15) is 0 Å². The van der Waals surface area contributed by atoms with E-state index in [4.69, 9.17) is 0 Å². The zero-order chi connectivity index (χ0) is 9.16. The van der Waals surface area contributed by atoms with E-state index in [0.29, 0.717) is 0 Å². The number of allylic oxidation sites excluding steroid dienone is 2. The third-order valence-electron chi connectivity index (χ3n) is 3.36. The molecule has 0 aromatic heterocycles. The average molecular weight is 181 g/mol. The van der Waals surface area contributed by atoms with Crippen molar-refractivity contribution in [1.29, 1.82) is 0 Å². The third kappa shape index (κ3) is 0.654. The van der Waals surface area contributed by atoms with Gasteiger partial charge in [-0.15, -0.1) is 0 Å². The standard InChI is InChI=1S/C9H8FNO2/c10-7-3-1-2-4(7)6-5(3)8(12)11-9(6)13/h1-7H,(H,11,12,13). The van der Waals surface area contributed by atoms with Crippen LogP contribution in [0.1, 0.15) is 0 Å². The second kappa shape index (κ2) is 2.00. The van der Waals surface area contributed by atoms with E-state index < -0.39 is 18.0 Å². The topological polar surface area (TPSA) is 46.2 Å². The van der Waals surface area contributed by atoms with Crippen molar-refractivity contribution in [1.82, 2.24) is 5.32 Å². The Balaban J connectivity index is 2.09. The van der Waals surface area contributed by atoms with Gasteiger partial charge in [0.1, 0.15) is 6.17 Å². The van der Waals surface area contributed by atoms with Gasteiger partial charge < -0.3 is 0 Å². The van der Waals surface area contributed by atoms with E-state index in [1.165, 1.54) is 0 Å². The van der Waals surface area contributed by atoms with Crippen LogP contribution in [0.15, 0.2) is 12.2 Å². The summed E-state index contributed by atoms with van der Waals surface area (Å²) >= 11 is 0. The lowest BCUT2D eigenvalue weighted by Gasteiger charge is -2.13. The van der Waals surface area contributed by atoms with Crippen LogP contribution >= 0.6 is 0 Å². The van der Waals surface area contributed by atoms with Crippen LogP contribution in [0.25, 0.3) is 0 Å². The summed E-state index contributed by atoms with van der Waals surface area (Å²) in [5.41, 5.74) is 0. The van der Waals surface area contributed by atoms with Crippen LogP contribution in [0.5, 0.6) is 0 Å². The first-order valence-corrected chi connectivity index (χ1v) is 4.37. The van der Waals surface area contributed by atoms with E-state index in [2.05, 4.69) is 5.32 Å². The summed E-state index contributed by atoms with van der Waals surface area (Å²) in [6, 6.07) is 0. The number of fused-ring (bicyclic) bond motifs is 5. The van der Waals surface area contributed by atoms with Crippen LogP contribution in [-0.2, 0) is 9.59 Å². The fourth-order valence-corrected chi connectivity index (χ4v) is 2.80. The molecule has 1 saturated carbocycles. The predicted octanol–water partition coefficient (Wildman–Crippen LogP) is 0.0291. The van der Waals surface area contributed by atoms with E-state index in [1.54, 1.807) is 12.2 Å². The minimum absolute atomic E-state index is 0.297. The second-order valence-corrected chi connectivity index (χ2v) is 3.89. The van der Waals surface area contributed by atoms with Crippen LogP contribution in [0.4, 0.5) is 4.39 Å². The second-order valence-electron chi connectivity index (χ2n) is 3.89. The number of alkyl halides is 1. The largest absolute Gasteiger partial charge is 0.296 e. The summed E-state index contributed by atoms with van der Waals surface area (Å²) in [4.78, 5) is 22.5. The molecule has 4 unspecified atom stereocenters. The Labute approximate surface area is 74.0 Å². The summed E-state index contributed by atoms with van der Waals surface area (Å²) in [6.45, 7) is 0. The maximum atomic E-state index is 13.4. The summed E-state index contributed by atoms with van der Waals surface area (Å²) in [6.07, 6.45) is 2.44. The highest BCUT2D eigenvalue weighted by Crippen LogP contribution is 2.51. The molecule has 0 radical (unpaired) electrons. The van der Waals surface area contributed by atoms with Crippen molar-refractivity contribution >= 4 is 11.8 Å². The molecular formula is C9H8FNO2. The van der Waals surface area contributed by atoms with E-state index in [0.717, 1.165) is 0 Å². The smallest absolute Gasteiger partial charge is 0.231 e. The lowest BCUT2D eigenvalue weighted by molar-refractivity contribution is -0.127. The Hall–Kier alpha value is -1.19. The van der Waals surface area contributed by atoms with Gasteiger partial charge in [0.25, 0.3) is 0 Å². The van der Waals surface area contributed by atoms with E-state index in [1.807, 2.05) is 0 Å². The number of imide groups is 1. The molecule has 0 aromatic carbocycles. The minimum Gasteiger partial charge on any atom is -0.296 e. The van der Waals surface area contributed by atoms with Gasteiger partial charge in [-0.1, -0.05) is 12.2 Å². The maximum Gasteiger partial charge on any atom is 0.231 e. The van der Waals surface area contributed by atoms with E-state index in [-0.39, 0.29) is 23.7 Å². The van der Waals surface area contributed by atoms with Crippen molar-refractivity contribution in [2.45, 2.75) is 6.17 Å². The average Bonchev–Trinajstić information content (AvgIpc) is 2.67. The first-order valence-electron chi connectivity index (χ1n) is 4.37. The zero-order valence-corrected chi connectivity index (χ0v) is 6.74. The molecule has 2 fully saturated rings. The highest BCUT2D eigenvalue weighted by atomic mass is 19.1. The van der Waals surface area contributed by atoms with E-state index >= 15 is 0 Å². The Bertz CT molecular complexity index is 309. The SMILES string of the molecule is O=C1NC(=O)C2C3C=CC(C3F)C12. The number of nitrogens with one attached hydrogen (secondary N) is 1. The van der Waals surface area contributed by atoms with E-state index in [9.17, 15) is 14.0 Å². The number of carbonyl (C=O) groups is 2. The number of hydrogen-bond donors (Lipinski definition) is 1. The van der Waals surface area contributed by atoms with Crippen LogP contribution < -0.4 is 5.32 Å². The molecular weight excluding hydrogens is 173 g/mol. The molecule has 1 saturated heterocycles.